The van der Waals surface area contributed by atoms with Crippen molar-refractivity contribution in [1.29, 1.82) is 0 Å². The summed E-state index contributed by atoms with van der Waals surface area (Å²) in [4.78, 5) is 12.2. The van der Waals surface area contributed by atoms with Gasteiger partial charge in [0.15, 0.2) is 5.84 Å². The lowest BCUT2D eigenvalue weighted by Gasteiger charge is -2.06. The van der Waals surface area contributed by atoms with Gasteiger partial charge in [-0.15, -0.1) is 0 Å². The van der Waals surface area contributed by atoms with Crippen LogP contribution in [0.15, 0.2) is 45.3 Å². The molecule has 1 aromatic carbocycles. The molecule has 0 atom stereocenters. The molecule has 0 bridgehead atoms. The molecule has 1 aliphatic heterocycles. The molecule has 1 N–H and O–H groups in total. The van der Waals surface area contributed by atoms with Crippen LogP contribution in [0.5, 0.6) is 5.75 Å². The van der Waals surface area contributed by atoms with Gasteiger partial charge < -0.3 is 5.11 Å². The fraction of sp³-hybridized carbons (Fsp3) is 0.0833. The van der Waals surface area contributed by atoms with Gasteiger partial charge in [-0.05, 0) is 19.1 Å². The summed E-state index contributed by atoms with van der Waals surface area (Å²) in [6.45, 7) is 5.59. The van der Waals surface area contributed by atoms with Gasteiger partial charge in [0.25, 0.3) is 0 Å². The molecule has 0 spiro atoms. The van der Waals surface area contributed by atoms with E-state index in [2.05, 4.69) is 21.6 Å². The lowest BCUT2D eigenvalue weighted by molar-refractivity contribution is 0.471. The largest absolute Gasteiger partial charge is 0.508 e. The lowest BCUT2D eigenvalue weighted by atomic mass is 10.2. The average molecular weight is 213 g/mol. The molecular formula is C12H11N3O. The molecule has 0 unspecified atom stereocenters. The second-order valence-electron chi connectivity index (χ2n) is 3.40. The third-order valence-electron chi connectivity index (χ3n) is 2.27. The summed E-state index contributed by atoms with van der Waals surface area (Å²) in [5.74, 6) is 0.740. The molecule has 4 nitrogen and oxygen atoms in total. The molecule has 0 radical (unpaired) electrons. The topological polar surface area (TPSA) is 57.3 Å². The number of hydrogen-bond acceptors (Lipinski definition) is 3. The van der Waals surface area contributed by atoms with E-state index < -0.39 is 0 Å². The van der Waals surface area contributed by atoms with Gasteiger partial charge in [0.1, 0.15) is 12.1 Å². The lowest BCUT2D eigenvalue weighted by Crippen LogP contribution is -2.04. The fourth-order valence-electron chi connectivity index (χ4n) is 1.30. The Labute approximate surface area is 93.4 Å². The van der Waals surface area contributed by atoms with Gasteiger partial charge in [-0.1, -0.05) is 12.6 Å². The summed E-state index contributed by atoms with van der Waals surface area (Å²) in [6.07, 6.45) is 3.02. The standard InChI is InChI=1S/C12H11N3O/c1-8-6-13-7-14-12(8)15-10-4-3-5-11(16)9(10)2/h3-7,16H,1H2,2H3/b15-12+. The zero-order valence-electron chi connectivity index (χ0n) is 8.88. The third kappa shape index (κ3) is 1.91. The van der Waals surface area contributed by atoms with Crippen LogP contribution in [0.2, 0.25) is 0 Å². The highest BCUT2D eigenvalue weighted by molar-refractivity contribution is 6.20. The van der Waals surface area contributed by atoms with Crippen LogP contribution in [0.25, 0.3) is 0 Å². The van der Waals surface area contributed by atoms with Crippen LogP contribution in [-0.4, -0.2) is 23.5 Å². The number of rotatable bonds is 1. The summed E-state index contributed by atoms with van der Waals surface area (Å²) in [5.41, 5.74) is 2.06. The first-order valence-electron chi connectivity index (χ1n) is 4.81. The molecular weight excluding hydrogens is 202 g/mol. The average Bonchev–Trinajstić information content (AvgIpc) is 2.28. The van der Waals surface area contributed by atoms with Gasteiger partial charge in [-0.3, -0.25) is 0 Å². The van der Waals surface area contributed by atoms with Crippen molar-refractivity contribution in [2.45, 2.75) is 6.92 Å². The van der Waals surface area contributed by atoms with Gasteiger partial charge in [0.2, 0.25) is 0 Å². The van der Waals surface area contributed by atoms with Gasteiger partial charge in [0.05, 0.1) is 5.69 Å². The van der Waals surface area contributed by atoms with E-state index in [1.807, 2.05) is 6.07 Å². The number of phenolic OH excluding ortho intramolecular Hbond substituents is 1. The normalized spacial score (nSPS) is 17.1. The predicted octanol–water partition coefficient (Wildman–Crippen LogP) is 2.40. The van der Waals surface area contributed by atoms with E-state index in [1.54, 1.807) is 25.3 Å². The molecule has 2 rings (SSSR count). The second kappa shape index (κ2) is 4.10. The zero-order valence-corrected chi connectivity index (χ0v) is 8.88. The van der Waals surface area contributed by atoms with Crippen molar-refractivity contribution in [3.05, 3.63) is 35.9 Å². The maximum atomic E-state index is 9.54. The van der Waals surface area contributed by atoms with Crippen molar-refractivity contribution in [2.75, 3.05) is 0 Å². The Balaban J connectivity index is 2.43. The highest BCUT2D eigenvalue weighted by atomic mass is 16.3. The number of phenols is 1. The minimum atomic E-state index is 0.223. The van der Waals surface area contributed by atoms with Gasteiger partial charge in [-0.25, -0.2) is 15.0 Å². The van der Waals surface area contributed by atoms with E-state index in [4.69, 9.17) is 0 Å². The van der Waals surface area contributed by atoms with Crippen LogP contribution in [0, 0.1) is 6.92 Å². The molecule has 1 aromatic rings. The minimum Gasteiger partial charge on any atom is -0.508 e. The van der Waals surface area contributed by atoms with Crippen molar-refractivity contribution < 1.29 is 5.11 Å². The molecule has 0 aromatic heterocycles. The van der Waals surface area contributed by atoms with Crippen molar-refractivity contribution >= 4 is 24.1 Å². The quantitative estimate of drug-likeness (QED) is 0.765. The molecule has 1 heterocycles. The van der Waals surface area contributed by atoms with Crippen LogP contribution in [0.3, 0.4) is 0 Å². The Morgan fingerprint density at radius 1 is 1.38 bits per heavy atom. The number of hydrogen-bond donors (Lipinski definition) is 1. The van der Waals surface area contributed by atoms with Gasteiger partial charge >= 0.3 is 0 Å². The third-order valence-corrected chi connectivity index (χ3v) is 2.27. The van der Waals surface area contributed by atoms with E-state index in [1.165, 1.54) is 6.34 Å². The molecule has 80 valence electrons. The number of aliphatic imine (C=N–C) groups is 3. The summed E-state index contributed by atoms with van der Waals surface area (Å²) in [5, 5.41) is 9.54. The van der Waals surface area contributed by atoms with Gasteiger partial charge in [0, 0.05) is 17.4 Å². The Morgan fingerprint density at radius 2 is 2.19 bits per heavy atom. The summed E-state index contributed by atoms with van der Waals surface area (Å²) in [6, 6.07) is 5.18. The monoisotopic (exact) mass is 213 g/mol. The highest BCUT2D eigenvalue weighted by Crippen LogP contribution is 2.27. The molecule has 16 heavy (non-hydrogen) atoms. The summed E-state index contributed by atoms with van der Waals surface area (Å²) in [7, 11) is 0. The fourth-order valence-corrected chi connectivity index (χ4v) is 1.30. The van der Waals surface area contributed by atoms with Crippen molar-refractivity contribution in [1.82, 2.24) is 0 Å². The Kier molecular flexibility index (Phi) is 2.64. The maximum Gasteiger partial charge on any atom is 0.162 e. The van der Waals surface area contributed by atoms with Crippen molar-refractivity contribution in [3.63, 3.8) is 0 Å². The van der Waals surface area contributed by atoms with Gasteiger partial charge in [-0.2, -0.15) is 0 Å². The first-order chi connectivity index (χ1) is 7.68. The maximum absolute atomic E-state index is 9.54. The molecule has 0 saturated carbocycles. The number of amidine groups is 1. The summed E-state index contributed by atoms with van der Waals surface area (Å²) >= 11 is 0. The molecule has 0 aliphatic carbocycles. The van der Waals surface area contributed by atoms with Crippen LogP contribution < -0.4 is 0 Å². The van der Waals surface area contributed by atoms with E-state index in [0.717, 1.165) is 5.56 Å². The number of nitrogens with zero attached hydrogens (tertiary/aromatic N) is 3. The number of aromatic hydroxyl groups is 1. The molecule has 1 aliphatic rings. The molecule has 0 fully saturated rings. The number of benzene rings is 1. The first-order valence-corrected chi connectivity index (χ1v) is 4.81. The van der Waals surface area contributed by atoms with E-state index in [0.29, 0.717) is 17.1 Å². The Morgan fingerprint density at radius 3 is 2.94 bits per heavy atom. The van der Waals surface area contributed by atoms with Crippen LogP contribution >= 0.6 is 0 Å². The molecule has 0 amide bonds. The Hall–Kier alpha value is -2.23. The summed E-state index contributed by atoms with van der Waals surface area (Å²) < 4.78 is 0. The van der Waals surface area contributed by atoms with Crippen LogP contribution in [0.1, 0.15) is 5.56 Å². The van der Waals surface area contributed by atoms with Crippen LogP contribution in [-0.2, 0) is 0 Å². The second-order valence-corrected chi connectivity index (χ2v) is 3.40. The Bertz CT molecular complexity index is 527. The van der Waals surface area contributed by atoms with Crippen LogP contribution in [0.4, 0.5) is 5.69 Å². The minimum absolute atomic E-state index is 0.223. The van der Waals surface area contributed by atoms with Crippen molar-refractivity contribution in [3.8, 4) is 5.75 Å². The van der Waals surface area contributed by atoms with E-state index in [9.17, 15) is 5.11 Å². The molecule has 0 saturated heterocycles. The highest BCUT2D eigenvalue weighted by Gasteiger charge is 2.06. The zero-order chi connectivity index (χ0) is 11.5. The predicted molar refractivity (Wildman–Crippen MR) is 66.1 cm³/mol. The smallest absolute Gasteiger partial charge is 0.162 e. The first kappa shape index (κ1) is 10.3. The van der Waals surface area contributed by atoms with E-state index in [-0.39, 0.29) is 5.75 Å². The molecule has 4 heteroatoms. The van der Waals surface area contributed by atoms with Crippen molar-refractivity contribution in [2.24, 2.45) is 15.0 Å². The van der Waals surface area contributed by atoms with E-state index >= 15 is 0 Å². The SMILES string of the molecule is C=C1C=NC=N/C1=N/c1cccc(O)c1C.